The van der Waals surface area contributed by atoms with Crippen molar-refractivity contribution in [2.24, 2.45) is 0 Å². The van der Waals surface area contributed by atoms with Crippen LogP contribution in [0.25, 0.3) is 0 Å². The van der Waals surface area contributed by atoms with Gasteiger partial charge in [0.15, 0.2) is 0 Å². The highest BCUT2D eigenvalue weighted by Crippen LogP contribution is 2.27. The molecule has 0 fully saturated rings. The molecular weight excluding hydrogens is 251 g/mol. The van der Waals surface area contributed by atoms with Crippen LogP contribution in [0.15, 0.2) is 36.4 Å². The van der Waals surface area contributed by atoms with Crippen LogP contribution in [-0.4, -0.2) is 13.6 Å². The van der Waals surface area contributed by atoms with Crippen LogP contribution in [0.2, 0.25) is 0 Å². The highest BCUT2D eigenvalue weighted by atomic mass is 19.1. The van der Waals surface area contributed by atoms with Gasteiger partial charge in [0, 0.05) is 31.5 Å². The summed E-state index contributed by atoms with van der Waals surface area (Å²) in [6, 6.07) is 11.8. The molecule has 2 nitrogen and oxygen atoms in total. The first-order chi connectivity index (χ1) is 9.63. The summed E-state index contributed by atoms with van der Waals surface area (Å²) < 4.78 is 13.5. The molecule has 0 amide bonds. The number of anilines is 2. The van der Waals surface area contributed by atoms with Gasteiger partial charge in [-0.05, 0) is 48.2 Å². The van der Waals surface area contributed by atoms with E-state index in [0.717, 1.165) is 25.2 Å². The Bertz CT molecular complexity index is 637. The topological polar surface area (TPSA) is 15.3 Å². The first kappa shape index (κ1) is 13.0. The minimum atomic E-state index is -0.162. The molecule has 1 aliphatic rings. The van der Waals surface area contributed by atoms with E-state index < -0.39 is 0 Å². The largest absolute Gasteiger partial charge is 0.381 e. The maximum absolute atomic E-state index is 13.5. The van der Waals surface area contributed by atoms with Gasteiger partial charge in [-0.1, -0.05) is 18.2 Å². The second kappa shape index (κ2) is 5.16. The average Bonchev–Trinajstić information content (AvgIpc) is 2.81. The third-order valence-corrected chi connectivity index (χ3v) is 3.94. The molecule has 1 aliphatic heterocycles. The average molecular weight is 270 g/mol. The van der Waals surface area contributed by atoms with Gasteiger partial charge in [-0.15, -0.1) is 0 Å². The molecule has 0 bridgehead atoms. The van der Waals surface area contributed by atoms with Crippen molar-refractivity contribution >= 4 is 11.4 Å². The van der Waals surface area contributed by atoms with Gasteiger partial charge < -0.3 is 10.2 Å². The second-order valence-corrected chi connectivity index (χ2v) is 5.45. The second-order valence-electron chi connectivity index (χ2n) is 5.45. The molecule has 0 atom stereocenters. The van der Waals surface area contributed by atoms with Crippen LogP contribution in [0.3, 0.4) is 0 Å². The predicted octanol–water partition coefficient (Wildman–Crippen LogP) is 3.74. The number of fused-ring (bicyclic) bond motifs is 1. The summed E-state index contributed by atoms with van der Waals surface area (Å²) in [5.74, 6) is -0.162. The smallest absolute Gasteiger partial charge is 0.128 e. The van der Waals surface area contributed by atoms with Gasteiger partial charge in [-0.25, -0.2) is 4.39 Å². The van der Waals surface area contributed by atoms with Crippen LogP contribution < -0.4 is 10.2 Å². The zero-order chi connectivity index (χ0) is 14.1. The lowest BCUT2D eigenvalue weighted by molar-refractivity contribution is 0.619. The SMILES string of the molecule is Cc1ccc(NCc2ccc3c(c2)CCN3C)cc1F. The molecule has 2 aromatic carbocycles. The lowest BCUT2D eigenvalue weighted by atomic mass is 10.1. The Labute approximate surface area is 119 Å². The summed E-state index contributed by atoms with van der Waals surface area (Å²) in [5.41, 5.74) is 5.47. The maximum Gasteiger partial charge on any atom is 0.128 e. The van der Waals surface area contributed by atoms with Crippen LogP contribution in [0.4, 0.5) is 15.8 Å². The van der Waals surface area contributed by atoms with E-state index in [4.69, 9.17) is 0 Å². The van der Waals surface area contributed by atoms with Gasteiger partial charge in [0.25, 0.3) is 0 Å². The van der Waals surface area contributed by atoms with Crippen molar-refractivity contribution in [1.82, 2.24) is 0 Å². The summed E-state index contributed by atoms with van der Waals surface area (Å²) >= 11 is 0. The normalized spacial score (nSPS) is 13.4. The van der Waals surface area contributed by atoms with E-state index in [1.807, 2.05) is 6.07 Å². The molecule has 0 saturated heterocycles. The van der Waals surface area contributed by atoms with E-state index in [2.05, 4.69) is 35.5 Å². The summed E-state index contributed by atoms with van der Waals surface area (Å²) in [7, 11) is 2.12. The Hall–Kier alpha value is -2.03. The first-order valence-corrected chi connectivity index (χ1v) is 6.96. The fourth-order valence-corrected chi connectivity index (χ4v) is 2.64. The molecule has 1 N–H and O–H groups in total. The summed E-state index contributed by atoms with van der Waals surface area (Å²) in [4.78, 5) is 2.28. The molecule has 0 aliphatic carbocycles. The zero-order valence-corrected chi connectivity index (χ0v) is 11.9. The van der Waals surface area contributed by atoms with Crippen molar-refractivity contribution in [2.45, 2.75) is 19.9 Å². The van der Waals surface area contributed by atoms with Crippen LogP contribution in [0.1, 0.15) is 16.7 Å². The van der Waals surface area contributed by atoms with Gasteiger partial charge in [0.1, 0.15) is 5.82 Å². The molecule has 0 spiro atoms. The first-order valence-electron chi connectivity index (χ1n) is 6.96. The number of aryl methyl sites for hydroxylation is 1. The van der Waals surface area contributed by atoms with Crippen LogP contribution in [0, 0.1) is 12.7 Å². The molecule has 0 radical (unpaired) electrons. The predicted molar refractivity (Wildman–Crippen MR) is 81.9 cm³/mol. The standard InChI is InChI=1S/C17H19FN2/c1-12-3-5-15(10-16(12)18)19-11-13-4-6-17-14(9-13)7-8-20(17)2/h3-6,9-10,19H,7-8,11H2,1-2H3. The Kier molecular flexibility index (Phi) is 3.35. The van der Waals surface area contributed by atoms with Crippen molar-refractivity contribution in [3.63, 3.8) is 0 Å². The number of likely N-dealkylation sites (N-methyl/N-ethyl adjacent to an activating group) is 1. The molecule has 104 valence electrons. The Morgan fingerprint density at radius 2 is 2.05 bits per heavy atom. The third-order valence-electron chi connectivity index (χ3n) is 3.94. The van der Waals surface area contributed by atoms with Crippen LogP contribution in [0.5, 0.6) is 0 Å². The van der Waals surface area contributed by atoms with E-state index >= 15 is 0 Å². The highest BCUT2D eigenvalue weighted by molar-refractivity contribution is 5.58. The van der Waals surface area contributed by atoms with Crippen molar-refractivity contribution in [3.8, 4) is 0 Å². The van der Waals surface area contributed by atoms with Gasteiger partial charge >= 0.3 is 0 Å². The van der Waals surface area contributed by atoms with Gasteiger partial charge in [-0.2, -0.15) is 0 Å². The van der Waals surface area contributed by atoms with Gasteiger partial charge in [0.05, 0.1) is 0 Å². The monoisotopic (exact) mass is 270 g/mol. The number of halogens is 1. The molecular formula is C17H19FN2. The molecule has 0 saturated carbocycles. The van der Waals surface area contributed by atoms with Gasteiger partial charge in [0.2, 0.25) is 0 Å². The Morgan fingerprint density at radius 1 is 1.20 bits per heavy atom. The van der Waals surface area contributed by atoms with Gasteiger partial charge in [-0.3, -0.25) is 0 Å². The number of rotatable bonds is 3. The minimum absolute atomic E-state index is 0.162. The van der Waals surface area contributed by atoms with Crippen molar-refractivity contribution in [1.29, 1.82) is 0 Å². The lowest BCUT2D eigenvalue weighted by Gasteiger charge is -2.13. The molecule has 20 heavy (non-hydrogen) atoms. The molecule has 3 rings (SSSR count). The van der Waals surface area contributed by atoms with E-state index in [1.54, 1.807) is 19.1 Å². The molecule has 0 aromatic heterocycles. The molecule has 2 aromatic rings. The van der Waals surface area contributed by atoms with E-state index in [0.29, 0.717) is 5.56 Å². The van der Waals surface area contributed by atoms with Crippen molar-refractivity contribution in [2.75, 3.05) is 23.8 Å². The molecule has 1 heterocycles. The lowest BCUT2D eigenvalue weighted by Crippen LogP contribution is -2.12. The van der Waals surface area contributed by atoms with Crippen molar-refractivity contribution < 1.29 is 4.39 Å². The fourth-order valence-electron chi connectivity index (χ4n) is 2.64. The summed E-state index contributed by atoms with van der Waals surface area (Å²) in [6.07, 6.45) is 1.11. The van der Waals surface area contributed by atoms with E-state index in [-0.39, 0.29) is 5.82 Å². The number of nitrogens with one attached hydrogen (secondary N) is 1. The Balaban J connectivity index is 1.71. The Morgan fingerprint density at radius 3 is 2.85 bits per heavy atom. The van der Waals surface area contributed by atoms with Crippen molar-refractivity contribution in [3.05, 3.63) is 58.9 Å². The van der Waals surface area contributed by atoms with Crippen LogP contribution >= 0.6 is 0 Å². The third kappa shape index (κ3) is 2.48. The minimum Gasteiger partial charge on any atom is -0.381 e. The zero-order valence-electron chi connectivity index (χ0n) is 11.9. The fraction of sp³-hybridized carbons (Fsp3) is 0.294. The number of hydrogen-bond acceptors (Lipinski definition) is 2. The number of nitrogens with zero attached hydrogens (tertiary/aromatic N) is 1. The maximum atomic E-state index is 13.5. The van der Waals surface area contributed by atoms with E-state index in [9.17, 15) is 4.39 Å². The number of benzene rings is 2. The highest BCUT2D eigenvalue weighted by Gasteiger charge is 2.15. The molecule has 3 heteroatoms. The van der Waals surface area contributed by atoms with E-state index in [1.165, 1.54) is 16.8 Å². The summed E-state index contributed by atoms with van der Waals surface area (Å²) in [6.45, 7) is 3.59. The quantitative estimate of drug-likeness (QED) is 0.914. The summed E-state index contributed by atoms with van der Waals surface area (Å²) in [5, 5.41) is 3.28. The van der Waals surface area contributed by atoms with Crippen LogP contribution in [-0.2, 0) is 13.0 Å². The molecule has 0 unspecified atom stereocenters. The number of hydrogen-bond donors (Lipinski definition) is 1.